The van der Waals surface area contributed by atoms with Gasteiger partial charge in [-0.1, -0.05) is 27.7 Å². The van der Waals surface area contributed by atoms with Crippen LogP contribution in [0.25, 0.3) is 0 Å². The third kappa shape index (κ3) is 6.23. The lowest BCUT2D eigenvalue weighted by Crippen LogP contribution is -2.53. The van der Waals surface area contributed by atoms with E-state index in [1.165, 1.54) is 0 Å². The number of nitrogens with two attached hydrogens (primary N) is 1. The molecule has 0 spiro atoms. The van der Waals surface area contributed by atoms with E-state index in [1.54, 1.807) is 4.90 Å². The summed E-state index contributed by atoms with van der Waals surface area (Å²) in [6, 6.07) is -1.25. The maximum atomic E-state index is 12.6. The number of carbonyl (C=O) groups is 2. The highest BCUT2D eigenvalue weighted by Crippen LogP contribution is 2.14. The molecule has 0 aromatic rings. The van der Waals surface area contributed by atoms with E-state index in [2.05, 4.69) is 5.32 Å². The number of hydrogen-bond donors (Lipinski definition) is 3. The van der Waals surface area contributed by atoms with Gasteiger partial charge in [0.2, 0.25) is 5.91 Å². The second kappa shape index (κ2) is 9.58. The molecule has 0 aliphatic carbocycles. The summed E-state index contributed by atoms with van der Waals surface area (Å²) in [7, 11) is 0. The quantitative estimate of drug-likeness (QED) is 0.592. The molecule has 3 amide bonds. The molecule has 0 bridgehead atoms. The van der Waals surface area contributed by atoms with Gasteiger partial charge in [0.1, 0.15) is 6.04 Å². The van der Waals surface area contributed by atoms with Crippen LogP contribution in [0.5, 0.6) is 0 Å². The van der Waals surface area contributed by atoms with E-state index < -0.39 is 12.1 Å². The largest absolute Gasteiger partial charge is 0.395 e. The number of primary amides is 1. The lowest BCUT2D eigenvalue weighted by atomic mass is 10.0. The van der Waals surface area contributed by atoms with Crippen LogP contribution in [-0.4, -0.2) is 47.2 Å². The first kappa shape index (κ1) is 18.7. The number of nitrogens with one attached hydrogen (secondary N) is 1. The van der Waals surface area contributed by atoms with E-state index in [4.69, 9.17) is 10.8 Å². The minimum atomic E-state index is -0.697. The normalized spacial score (nSPS) is 12.6. The summed E-state index contributed by atoms with van der Waals surface area (Å²) in [5, 5.41) is 11.7. The first-order valence-corrected chi connectivity index (χ1v) is 7.34. The van der Waals surface area contributed by atoms with E-state index in [0.29, 0.717) is 6.42 Å². The van der Waals surface area contributed by atoms with Gasteiger partial charge in [0.25, 0.3) is 0 Å². The van der Waals surface area contributed by atoms with Gasteiger partial charge in [0.05, 0.1) is 6.61 Å². The number of urea groups is 1. The van der Waals surface area contributed by atoms with E-state index in [1.807, 2.05) is 27.7 Å². The first-order chi connectivity index (χ1) is 9.37. The van der Waals surface area contributed by atoms with Crippen molar-refractivity contribution in [2.75, 3.05) is 13.2 Å². The van der Waals surface area contributed by atoms with Crippen LogP contribution < -0.4 is 11.1 Å². The SMILES string of the molecule is CCC(CC)N(CCO)C(=O)C(CC(C)C)NC(N)=O. The molecular formula is C14H29N3O3. The molecule has 0 aromatic heterocycles. The lowest BCUT2D eigenvalue weighted by Gasteiger charge is -2.33. The highest BCUT2D eigenvalue weighted by atomic mass is 16.3. The highest BCUT2D eigenvalue weighted by Gasteiger charge is 2.29. The predicted octanol–water partition coefficient (Wildman–Crippen LogP) is 1.08. The fraction of sp³-hybridized carbons (Fsp3) is 0.857. The molecule has 1 atom stereocenters. The number of rotatable bonds is 9. The number of aliphatic hydroxyl groups is 1. The zero-order valence-electron chi connectivity index (χ0n) is 13.1. The second-order valence-corrected chi connectivity index (χ2v) is 5.42. The second-order valence-electron chi connectivity index (χ2n) is 5.42. The fourth-order valence-corrected chi connectivity index (χ4v) is 2.37. The topological polar surface area (TPSA) is 95.7 Å². The molecule has 0 heterocycles. The number of nitrogens with zero attached hydrogens (tertiary/aromatic N) is 1. The molecule has 0 aliphatic heterocycles. The van der Waals surface area contributed by atoms with Crippen LogP contribution in [0.2, 0.25) is 0 Å². The van der Waals surface area contributed by atoms with Gasteiger partial charge >= 0.3 is 6.03 Å². The highest BCUT2D eigenvalue weighted by molar-refractivity contribution is 5.86. The van der Waals surface area contributed by atoms with Gasteiger partial charge in [0.15, 0.2) is 0 Å². The van der Waals surface area contributed by atoms with Gasteiger partial charge in [-0.3, -0.25) is 4.79 Å². The molecule has 1 unspecified atom stereocenters. The molecule has 6 nitrogen and oxygen atoms in total. The van der Waals surface area contributed by atoms with Crippen LogP contribution >= 0.6 is 0 Å². The van der Waals surface area contributed by atoms with Gasteiger partial charge < -0.3 is 21.1 Å². The molecule has 4 N–H and O–H groups in total. The Morgan fingerprint density at radius 2 is 1.80 bits per heavy atom. The summed E-state index contributed by atoms with van der Waals surface area (Å²) in [4.78, 5) is 25.3. The van der Waals surface area contributed by atoms with Crippen molar-refractivity contribution in [2.24, 2.45) is 11.7 Å². The monoisotopic (exact) mass is 287 g/mol. The molecule has 0 saturated carbocycles. The standard InChI is InChI=1S/C14H29N3O3/c1-5-11(6-2)17(7-8-18)13(19)12(9-10(3)4)16-14(15)20/h10-12,18H,5-9H2,1-4H3,(H3,15,16,20). The van der Waals surface area contributed by atoms with Crippen molar-refractivity contribution < 1.29 is 14.7 Å². The summed E-state index contributed by atoms with van der Waals surface area (Å²) in [5.41, 5.74) is 5.15. The molecular weight excluding hydrogens is 258 g/mol. The fourth-order valence-electron chi connectivity index (χ4n) is 2.37. The average Bonchev–Trinajstić information content (AvgIpc) is 2.36. The molecule has 118 valence electrons. The summed E-state index contributed by atoms with van der Waals surface area (Å²) in [5.74, 6) is 0.0914. The third-order valence-electron chi connectivity index (χ3n) is 3.33. The van der Waals surface area contributed by atoms with Gasteiger partial charge in [-0.2, -0.15) is 0 Å². The minimum absolute atomic E-state index is 0.0685. The lowest BCUT2D eigenvalue weighted by molar-refractivity contribution is -0.136. The van der Waals surface area contributed by atoms with Crippen molar-refractivity contribution in [1.29, 1.82) is 0 Å². The van der Waals surface area contributed by atoms with Crippen molar-refractivity contribution in [3.8, 4) is 0 Å². The predicted molar refractivity (Wildman–Crippen MR) is 79.1 cm³/mol. The van der Waals surface area contributed by atoms with Crippen LogP contribution in [-0.2, 0) is 4.79 Å². The number of carbonyl (C=O) groups excluding carboxylic acids is 2. The van der Waals surface area contributed by atoms with Crippen LogP contribution in [0.4, 0.5) is 4.79 Å². The molecule has 0 rings (SSSR count). The molecule has 0 aromatic carbocycles. The van der Waals surface area contributed by atoms with Gasteiger partial charge in [-0.15, -0.1) is 0 Å². The molecule has 0 saturated heterocycles. The summed E-state index contributed by atoms with van der Waals surface area (Å²) >= 11 is 0. The Kier molecular flexibility index (Phi) is 8.96. The molecule has 20 heavy (non-hydrogen) atoms. The molecule has 0 fully saturated rings. The molecule has 6 heteroatoms. The zero-order valence-corrected chi connectivity index (χ0v) is 13.1. The van der Waals surface area contributed by atoms with E-state index >= 15 is 0 Å². The Morgan fingerprint density at radius 3 is 2.15 bits per heavy atom. The first-order valence-electron chi connectivity index (χ1n) is 7.34. The van der Waals surface area contributed by atoms with Gasteiger partial charge in [-0.05, 0) is 25.2 Å². The number of amides is 3. The van der Waals surface area contributed by atoms with Crippen molar-refractivity contribution >= 4 is 11.9 Å². The van der Waals surface area contributed by atoms with Gasteiger partial charge in [-0.25, -0.2) is 4.79 Å². The van der Waals surface area contributed by atoms with Crippen LogP contribution in [0.15, 0.2) is 0 Å². The van der Waals surface area contributed by atoms with Crippen molar-refractivity contribution in [2.45, 2.75) is 59.0 Å². The van der Waals surface area contributed by atoms with Crippen LogP contribution in [0.3, 0.4) is 0 Å². The Bertz CT molecular complexity index is 304. The summed E-state index contributed by atoms with van der Waals surface area (Å²) in [6.45, 7) is 8.16. The summed E-state index contributed by atoms with van der Waals surface area (Å²) in [6.07, 6.45) is 2.16. The van der Waals surface area contributed by atoms with E-state index in [0.717, 1.165) is 12.8 Å². The minimum Gasteiger partial charge on any atom is -0.395 e. The maximum Gasteiger partial charge on any atom is 0.312 e. The molecule has 0 radical (unpaired) electrons. The van der Waals surface area contributed by atoms with Crippen LogP contribution in [0.1, 0.15) is 47.0 Å². The van der Waals surface area contributed by atoms with Crippen molar-refractivity contribution in [3.63, 3.8) is 0 Å². The maximum absolute atomic E-state index is 12.6. The van der Waals surface area contributed by atoms with Crippen molar-refractivity contribution in [1.82, 2.24) is 10.2 Å². The van der Waals surface area contributed by atoms with E-state index in [9.17, 15) is 9.59 Å². The third-order valence-corrected chi connectivity index (χ3v) is 3.33. The van der Waals surface area contributed by atoms with Crippen molar-refractivity contribution in [3.05, 3.63) is 0 Å². The Labute approximate surface area is 121 Å². The Balaban J connectivity index is 5.06. The average molecular weight is 287 g/mol. The number of aliphatic hydroxyl groups excluding tert-OH is 1. The Morgan fingerprint density at radius 1 is 1.25 bits per heavy atom. The van der Waals surface area contributed by atoms with Gasteiger partial charge in [0, 0.05) is 12.6 Å². The van der Waals surface area contributed by atoms with E-state index in [-0.39, 0.29) is 31.0 Å². The Hall–Kier alpha value is -1.30. The number of hydrogen-bond acceptors (Lipinski definition) is 3. The molecule has 0 aliphatic rings. The summed E-state index contributed by atoms with van der Waals surface area (Å²) < 4.78 is 0. The smallest absolute Gasteiger partial charge is 0.312 e. The van der Waals surface area contributed by atoms with Crippen LogP contribution in [0, 0.1) is 5.92 Å². The zero-order chi connectivity index (χ0) is 15.7.